The van der Waals surface area contributed by atoms with E-state index in [0.29, 0.717) is 5.56 Å². The van der Waals surface area contributed by atoms with Crippen molar-refractivity contribution in [1.82, 2.24) is 4.90 Å². The van der Waals surface area contributed by atoms with Crippen LogP contribution in [0.2, 0.25) is 0 Å². The second-order valence-corrected chi connectivity index (χ2v) is 4.88. The fourth-order valence-corrected chi connectivity index (χ4v) is 1.83. The number of rotatable bonds is 8. The van der Waals surface area contributed by atoms with Crippen molar-refractivity contribution in [2.45, 2.75) is 25.8 Å². The Balaban J connectivity index is 2.67. The summed E-state index contributed by atoms with van der Waals surface area (Å²) in [6.07, 6.45) is 2.29. The average molecular weight is 264 g/mol. The highest BCUT2D eigenvalue weighted by molar-refractivity contribution is 6.00. The number of aliphatic hydroxyl groups is 1. The molecule has 0 heterocycles. The highest BCUT2D eigenvalue weighted by atomic mass is 16.3. The van der Waals surface area contributed by atoms with Crippen molar-refractivity contribution in [1.29, 1.82) is 0 Å². The Kier molecular flexibility index (Phi) is 6.53. The zero-order valence-corrected chi connectivity index (χ0v) is 12.0. The predicted octanol–water partition coefficient (Wildman–Crippen LogP) is 2.00. The van der Waals surface area contributed by atoms with E-state index >= 15 is 0 Å². The number of aliphatic hydroxyl groups excluding tert-OH is 1. The zero-order chi connectivity index (χ0) is 14.3. The molecule has 0 aliphatic carbocycles. The van der Waals surface area contributed by atoms with E-state index in [9.17, 15) is 9.90 Å². The molecule has 0 amide bonds. The van der Waals surface area contributed by atoms with Crippen LogP contribution in [0.25, 0.3) is 0 Å². The molecule has 1 rings (SSSR count). The first-order chi connectivity index (χ1) is 9.10. The van der Waals surface area contributed by atoms with E-state index in [4.69, 9.17) is 0 Å². The smallest absolute Gasteiger partial charge is 0.182 e. The topological polar surface area (TPSA) is 52.6 Å². The summed E-state index contributed by atoms with van der Waals surface area (Å²) in [7, 11) is 3.58. The summed E-state index contributed by atoms with van der Waals surface area (Å²) in [6, 6.07) is 6.96. The molecule has 0 fully saturated rings. The van der Waals surface area contributed by atoms with Crippen molar-refractivity contribution in [2.24, 2.45) is 0 Å². The van der Waals surface area contributed by atoms with Crippen LogP contribution in [0.5, 0.6) is 0 Å². The molecule has 0 spiro atoms. The van der Waals surface area contributed by atoms with Gasteiger partial charge in [0.1, 0.15) is 0 Å². The quantitative estimate of drug-likeness (QED) is 0.557. The van der Waals surface area contributed by atoms with Gasteiger partial charge in [0.15, 0.2) is 5.78 Å². The maximum Gasteiger partial charge on any atom is 0.182 e. The highest BCUT2D eigenvalue weighted by Gasteiger charge is 2.20. The molecule has 0 saturated carbocycles. The lowest BCUT2D eigenvalue weighted by molar-refractivity contribution is 0.0792. The molecule has 0 aromatic heterocycles. The van der Waals surface area contributed by atoms with E-state index in [1.807, 2.05) is 24.3 Å². The summed E-state index contributed by atoms with van der Waals surface area (Å²) in [6.45, 7) is 2.93. The second kappa shape index (κ2) is 7.92. The van der Waals surface area contributed by atoms with Gasteiger partial charge < -0.3 is 10.4 Å². The zero-order valence-electron chi connectivity index (χ0n) is 12.0. The van der Waals surface area contributed by atoms with E-state index in [2.05, 4.69) is 12.2 Å². The normalized spacial score (nSPS) is 12.5. The third-order valence-corrected chi connectivity index (χ3v) is 3.13. The molecular formula is C15H24N2O2. The molecule has 19 heavy (non-hydrogen) atoms. The van der Waals surface area contributed by atoms with E-state index in [1.165, 1.54) is 0 Å². The Morgan fingerprint density at radius 1 is 1.32 bits per heavy atom. The van der Waals surface area contributed by atoms with E-state index in [-0.39, 0.29) is 12.4 Å². The lowest BCUT2D eigenvalue weighted by Crippen LogP contribution is -2.38. The first-order valence-electron chi connectivity index (χ1n) is 6.75. The number of hydrogen-bond donors (Lipinski definition) is 2. The van der Waals surface area contributed by atoms with Crippen LogP contribution in [0, 0.1) is 0 Å². The van der Waals surface area contributed by atoms with Gasteiger partial charge in [-0.2, -0.15) is 0 Å². The van der Waals surface area contributed by atoms with Gasteiger partial charge in [-0.25, -0.2) is 0 Å². The Morgan fingerprint density at radius 3 is 2.42 bits per heavy atom. The van der Waals surface area contributed by atoms with Gasteiger partial charge in [-0.05, 0) is 44.8 Å². The molecule has 0 bridgehead atoms. The number of carbonyl (C=O) groups excluding carboxylic acids is 1. The van der Waals surface area contributed by atoms with Crippen molar-refractivity contribution in [2.75, 3.05) is 32.6 Å². The van der Waals surface area contributed by atoms with Crippen LogP contribution in [0.4, 0.5) is 5.69 Å². The van der Waals surface area contributed by atoms with Crippen molar-refractivity contribution in [3.8, 4) is 0 Å². The molecule has 1 aromatic carbocycles. The van der Waals surface area contributed by atoms with Crippen molar-refractivity contribution in [3.05, 3.63) is 29.8 Å². The van der Waals surface area contributed by atoms with Crippen molar-refractivity contribution >= 4 is 11.5 Å². The summed E-state index contributed by atoms with van der Waals surface area (Å²) < 4.78 is 0. The minimum Gasteiger partial charge on any atom is -0.394 e. The molecule has 1 atom stereocenters. The molecule has 0 aliphatic rings. The minimum absolute atomic E-state index is 0.0485. The molecule has 0 aliphatic heterocycles. The minimum atomic E-state index is -0.473. The monoisotopic (exact) mass is 264 g/mol. The van der Waals surface area contributed by atoms with Crippen LogP contribution in [0.1, 0.15) is 30.1 Å². The maximum atomic E-state index is 12.2. The lowest BCUT2D eigenvalue weighted by atomic mass is 10.0. The van der Waals surface area contributed by atoms with Gasteiger partial charge in [-0.3, -0.25) is 9.69 Å². The SMILES string of the molecule is CCCCNc1ccc(C(=O)C(CO)N(C)C)cc1. The van der Waals surface area contributed by atoms with Crippen molar-refractivity contribution < 1.29 is 9.90 Å². The van der Waals surface area contributed by atoms with Crippen LogP contribution in [-0.4, -0.2) is 49.1 Å². The Labute approximate surface area is 115 Å². The fourth-order valence-electron chi connectivity index (χ4n) is 1.83. The summed E-state index contributed by atoms with van der Waals surface area (Å²) in [5, 5.41) is 12.6. The van der Waals surface area contributed by atoms with Gasteiger partial charge in [0.05, 0.1) is 12.6 Å². The number of benzene rings is 1. The van der Waals surface area contributed by atoms with Gasteiger partial charge in [0.25, 0.3) is 0 Å². The number of Topliss-reactive ketones (excluding diaryl/α,β-unsaturated/α-hetero) is 1. The van der Waals surface area contributed by atoms with Crippen LogP contribution in [-0.2, 0) is 0 Å². The number of ketones is 1. The van der Waals surface area contributed by atoms with E-state index < -0.39 is 6.04 Å². The summed E-state index contributed by atoms with van der Waals surface area (Å²) in [5.74, 6) is -0.0485. The first kappa shape index (κ1) is 15.7. The molecule has 4 nitrogen and oxygen atoms in total. The Hall–Kier alpha value is -1.39. The molecule has 2 N–H and O–H groups in total. The van der Waals surface area contributed by atoms with Crippen LogP contribution in [0.15, 0.2) is 24.3 Å². The summed E-state index contributed by atoms with van der Waals surface area (Å²) >= 11 is 0. The van der Waals surface area contributed by atoms with Crippen LogP contribution >= 0.6 is 0 Å². The molecule has 0 radical (unpaired) electrons. The molecule has 106 valence electrons. The third kappa shape index (κ3) is 4.65. The van der Waals surface area contributed by atoms with Gasteiger partial charge in [-0.1, -0.05) is 13.3 Å². The number of hydrogen-bond acceptors (Lipinski definition) is 4. The number of carbonyl (C=O) groups is 1. The Bertz CT molecular complexity index is 388. The van der Waals surface area contributed by atoms with Gasteiger partial charge in [-0.15, -0.1) is 0 Å². The molecule has 1 aromatic rings. The van der Waals surface area contributed by atoms with E-state index in [1.54, 1.807) is 19.0 Å². The van der Waals surface area contributed by atoms with Crippen LogP contribution < -0.4 is 5.32 Å². The van der Waals surface area contributed by atoms with Crippen molar-refractivity contribution in [3.63, 3.8) is 0 Å². The molecule has 4 heteroatoms. The molecular weight excluding hydrogens is 240 g/mol. The number of nitrogens with one attached hydrogen (secondary N) is 1. The van der Waals surface area contributed by atoms with Gasteiger partial charge in [0.2, 0.25) is 0 Å². The second-order valence-electron chi connectivity index (χ2n) is 4.88. The third-order valence-electron chi connectivity index (χ3n) is 3.13. The largest absolute Gasteiger partial charge is 0.394 e. The highest BCUT2D eigenvalue weighted by Crippen LogP contribution is 2.12. The number of anilines is 1. The standard InChI is InChI=1S/C15H24N2O2/c1-4-5-10-16-13-8-6-12(7-9-13)15(19)14(11-18)17(2)3/h6-9,14,16,18H,4-5,10-11H2,1-3H3. The first-order valence-corrected chi connectivity index (χ1v) is 6.75. The number of unbranched alkanes of at least 4 members (excludes halogenated alkanes) is 1. The number of nitrogens with zero attached hydrogens (tertiary/aromatic N) is 1. The predicted molar refractivity (Wildman–Crippen MR) is 78.7 cm³/mol. The van der Waals surface area contributed by atoms with Gasteiger partial charge in [0, 0.05) is 17.8 Å². The molecule has 0 saturated heterocycles. The number of likely N-dealkylation sites (N-methyl/N-ethyl adjacent to an activating group) is 1. The van der Waals surface area contributed by atoms with Gasteiger partial charge >= 0.3 is 0 Å². The van der Waals surface area contributed by atoms with E-state index in [0.717, 1.165) is 25.1 Å². The van der Waals surface area contributed by atoms with Crippen LogP contribution in [0.3, 0.4) is 0 Å². The Morgan fingerprint density at radius 2 is 1.95 bits per heavy atom. The maximum absolute atomic E-state index is 12.2. The molecule has 1 unspecified atom stereocenters. The summed E-state index contributed by atoms with van der Waals surface area (Å²) in [4.78, 5) is 13.9. The average Bonchev–Trinajstić information content (AvgIpc) is 2.40. The fraction of sp³-hybridized carbons (Fsp3) is 0.533. The lowest BCUT2D eigenvalue weighted by Gasteiger charge is -2.20. The summed E-state index contributed by atoms with van der Waals surface area (Å²) in [5.41, 5.74) is 1.66.